The summed E-state index contributed by atoms with van der Waals surface area (Å²) in [6.45, 7) is 7.11. The van der Waals surface area contributed by atoms with Crippen LogP contribution >= 0.6 is 12.6 Å². The molecule has 4 atom stereocenters. The molecule has 1 aromatic rings. The monoisotopic (exact) mass is 496 g/mol. The average molecular weight is 497 g/mol. The standard InChI is InChI=1S/C23H36N4O6S/c1-12(2)9-17(23(32)33)25-22(31)19(13(3)4)27-21(30)18(11-34)26-20(29)16(24)10-14-5-7-15(28)8-6-14/h5-8,12-13,16-19,28,34H,9-11,24H2,1-4H3,(H,25,31)(H,26,29)(H,27,30)(H,32,33). The van der Waals surface area contributed by atoms with Crippen LogP contribution in [-0.4, -0.2) is 63.8 Å². The number of aromatic hydroxyl groups is 1. The number of nitrogens with one attached hydrogen (secondary N) is 3. The number of phenols is 1. The summed E-state index contributed by atoms with van der Waals surface area (Å²) in [7, 11) is 0. The van der Waals surface area contributed by atoms with Gasteiger partial charge in [0, 0.05) is 5.75 Å². The van der Waals surface area contributed by atoms with E-state index in [2.05, 4.69) is 28.6 Å². The molecule has 190 valence electrons. The molecule has 4 unspecified atom stereocenters. The van der Waals surface area contributed by atoms with Crippen LogP contribution in [0.25, 0.3) is 0 Å². The Bertz CT molecular complexity index is 846. The van der Waals surface area contributed by atoms with Crippen LogP contribution in [0.1, 0.15) is 39.7 Å². The van der Waals surface area contributed by atoms with E-state index in [0.29, 0.717) is 0 Å². The Labute approximate surface area is 205 Å². The fourth-order valence-electron chi connectivity index (χ4n) is 3.19. The maximum absolute atomic E-state index is 12.8. The van der Waals surface area contributed by atoms with E-state index in [1.807, 2.05) is 13.8 Å². The number of carboxylic acids is 1. The number of carboxylic acid groups (broad SMARTS) is 1. The molecular formula is C23H36N4O6S. The Morgan fingerprint density at radius 3 is 1.94 bits per heavy atom. The normalized spacial score (nSPS) is 14.7. The van der Waals surface area contributed by atoms with Crippen LogP contribution in [0, 0.1) is 11.8 Å². The van der Waals surface area contributed by atoms with Crippen molar-refractivity contribution in [2.75, 3.05) is 5.75 Å². The van der Waals surface area contributed by atoms with Gasteiger partial charge in [0.25, 0.3) is 0 Å². The predicted molar refractivity (Wildman–Crippen MR) is 131 cm³/mol. The number of phenolic OH excluding ortho intramolecular Hbond substituents is 1. The number of aliphatic carboxylic acids is 1. The number of amides is 3. The van der Waals surface area contributed by atoms with Gasteiger partial charge in [-0.15, -0.1) is 0 Å². The van der Waals surface area contributed by atoms with E-state index >= 15 is 0 Å². The molecule has 1 rings (SSSR count). The first kappa shape index (κ1) is 29.2. The van der Waals surface area contributed by atoms with Crippen molar-refractivity contribution in [3.63, 3.8) is 0 Å². The smallest absolute Gasteiger partial charge is 0.326 e. The molecule has 0 aliphatic rings. The van der Waals surface area contributed by atoms with Gasteiger partial charge in [0.1, 0.15) is 23.9 Å². The number of rotatable bonds is 13. The summed E-state index contributed by atoms with van der Waals surface area (Å²) in [5.74, 6) is -3.23. The molecule has 0 aromatic heterocycles. The number of carbonyl (C=O) groups is 4. The van der Waals surface area contributed by atoms with Crippen LogP contribution in [0.15, 0.2) is 24.3 Å². The number of carbonyl (C=O) groups excluding carboxylic acids is 3. The summed E-state index contributed by atoms with van der Waals surface area (Å²) in [5, 5.41) is 26.4. The van der Waals surface area contributed by atoms with Crippen LogP contribution in [0.4, 0.5) is 0 Å². The molecule has 3 amide bonds. The summed E-state index contributed by atoms with van der Waals surface area (Å²) >= 11 is 4.13. The highest BCUT2D eigenvalue weighted by atomic mass is 32.1. The molecule has 1 aromatic carbocycles. The second-order valence-electron chi connectivity index (χ2n) is 8.98. The molecule has 7 N–H and O–H groups in total. The Balaban J connectivity index is 2.80. The first-order valence-corrected chi connectivity index (χ1v) is 11.8. The Hall–Kier alpha value is -2.79. The zero-order valence-corrected chi connectivity index (χ0v) is 20.8. The lowest BCUT2D eigenvalue weighted by molar-refractivity contribution is -0.143. The molecule has 0 fully saturated rings. The third-order valence-corrected chi connectivity index (χ3v) is 5.48. The summed E-state index contributed by atoms with van der Waals surface area (Å²) < 4.78 is 0. The zero-order valence-electron chi connectivity index (χ0n) is 19.9. The van der Waals surface area contributed by atoms with E-state index in [1.165, 1.54) is 12.1 Å². The van der Waals surface area contributed by atoms with Crippen molar-refractivity contribution in [1.82, 2.24) is 16.0 Å². The number of hydrogen-bond donors (Lipinski definition) is 7. The van der Waals surface area contributed by atoms with E-state index in [0.717, 1.165) is 5.56 Å². The number of benzene rings is 1. The van der Waals surface area contributed by atoms with Crippen LogP contribution < -0.4 is 21.7 Å². The lowest BCUT2D eigenvalue weighted by Crippen LogP contribution is -2.59. The molecule has 0 bridgehead atoms. The van der Waals surface area contributed by atoms with E-state index in [9.17, 15) is 29.4 Å². The van der Waals surface area contributed by atoms with E-state index < -0.39 is 47.9 Å². The summed E-state index contributed by atoms with van der Waals surface area (Å²) in [6, 6.07) is 2.16. The maximum Gasteiger partial charge on any atom is 0.326 e. The second-order valence-corrected chi connectivity index (χ2v) is 9.35. The Morgan fingerprint density at radius 2 is 1.47 bits per heavy atom. The highest BCUT2D eigenvalue weighted by Crippen LogP contribution is 2.11. The van der Waals surface area contributed by atoms with Gasteiger partial charge in [-0.25, -0.2) is 4.79 Å². The van der Waals surface area contributed by atoms with Gasteiger partial charge in [-0.05, 0) is 42.4 Å². The summed E-state index contributed by atoms with van der Waals surface area (Å²) in [6.07, 6.45) is 0.435. The van der Waals surface area contributed by atoms with Gasteiger partial charge in [-0.1, -0.05) is 39.8 Å². The van der Waals surface area contributed by atoms with Gasteiger partial charge in [0.15, 0.2) is 0 Å². The minimum absolute atomic E-state index is 0.0406. The number of nitrogens with two attached hydrogens (primary N) is 1. The lowest BCUT2D eigenvalue weighted by atomic mass is 10.00. The van der Waals surface area contributed by atoms with Crippen LogP contribution in [0.5, 0.6) is 5.75 Å². The fraction of sp³-hybridized carbons (Fsp3) is 0.565. The SMILES string of the molecule is CC(C)CC(NC(=O)C(NC(=O)C(CS)NC(=O)C(N)Cc1ccc(O)cc1)C(C)C)C(=O)O. The zero-order chi connectivity index (χ0) is 26.0. The van der Waals surface area contributed by atoms with Gasteiger partial charge in [-0.3, -0.25) is 14.4 Å². The molecule has 0 aliphatic carbocycles. The van der Waals surface area contributed by atoms with Gasteiger partial charge in [-0.2, -0.15) is 12.6 Å². The fourth-order valence-corrected chi connectivity index (χ4v) is 3.45. The van der Waals surface area contributed by atoms with Gasteiger partial charge >= 0.3 is 5.97 Å². The molecule has 0 spiro atoms. The van der Waals surface area contributed by atoms with Crippen molar-refractivity contribution in [2.24, 2.45) is 17.6 Å². The lowest BCUT2D eigenvalue weighted by Gasteiger charge is -2.27. The largest absolute Gasteiger partial charge is 0.508 e. The molecule has 0 heterocycles. The van der Waals surface area contributed by atoms with Crippen molar-refractivity contribution >= 4 is 36.3 Å². The highest BCUT2D eigenvalue weighted by Gasteiger charge is 2.31. The first-order chi connectivity index (χ1) is 15.8. The third kappa shape index (κ3) is 9.60. The van der Waals surface area contributed by atoms with Crippen molar-refractivity contribution in [2.45, 2.75) is 64.7 Å². The molecule has 34 heavy (non-hydrogen) atoms. The minimum Gasteiger partial charge on any atom is -0.508 e. The van der Waals surface area contributed by atoms with Crippen molar-refractivity contribution in [3.8, 4) is 5.75 Å². The quantitative estimate of drug-likeness (QED) is 0.194. The highest BCUT2D eigenvalue weighted by molar-refractivity contribution is 7.80. The molecule has 0 saturated carbocycles. The molecule has 0 saturated heterocycles. The van der Waals surface area contributed by atoms with Gasteiger partial charge in [0.05, 0.1) is 6.04 Å². The van der Waals surface area contributed by atoms with E-state index in [4.69, 9.17) is 5.73 Å². The molecule has 0 radical (unpaired) electrons. The van der Waals surface area contributed by atoms with Crippen LogP contribution in [-0.2, 0) is 25.6 Å². The molecule has 10 nitrogen and oxygen atoms in total. The molecule has 0 aliphatic heterocycles. The van der Waals surface area contributed by atoms with Crippen molar-refractivity contribution < 1.29 is 29.4 Å². The number of thiol groups is 1. The first-order valence-electron chi connectivity index (χ1n) is 11.1. The van der Waals surface area contributed by atoms with Crippen molar-refractivity contribution in [3.05, 3.63) is 29.8 Å². The minimum atomic E-state index is -1.15. The molecular weight excluding hydrogens is 460 g/mol. The Morgan fingerprint density at radius 1 is 0.912 bits per heavy atom. The van der Waals surface area contributed by atoms with Gasteiger partial charge < -0.3 is 31.9 Å². The van der Waals surface area contributed by atoms with E-state index in [-0.39, 0.29) is 36.2 Å². The summed E-state index contributed by atoms with van der Waals surface area (Å²) in [5.41, 5.74) is 6.69. The summed E-state index contributed by atoms with van der Waals surface area (Å²) in [4.78, 5) is 49.6. The number of hydrogen-bond acceptors (Lipinski definition) is 7. The predicted octanol–water partition coefficient (Wildman–Crippen LogP) is 0.433. The van der Waals surface area contributed by atoms with Crippen molar-refractivity contribution in [1.29, 1.82) is 0 Å². The Kier molecular flexibility index (Phi) is 11.9. The van der Waals surface area contributed by atoms with Gasteiger partial charge in [0.2, 0.25) is 17.7 Å². The van der Waals surface area contributed by atoms with Crippen LogP contribution in [0.2, 0.25) is 0 Å². The average Bonchev–Trinajstić information content (AvgIpc) is 2.75. The maximum atomic E-state index is 12.8. The van der Waals surface area contributed by atoms with Crippen LogP contribution in [0.3, 0.4) is 0 Å². The molecule has 11 heteroatoms. The second kappa shape index (κ2) is 13.8. The topological polar surface area (TPSA) is 171 Å². The van der Waals surface area contributed by atoms with E-state index in [1.54, 1.807) is 26.0 Å². The third-order valence-electron chi connectivity index (χ3n) is 5.11.